The van der Waals surface area contributed by atoms with Gasteiger partial charge in [0.15, 0.2) is 0 Å². The van der Waals surface area contributed by atoms with Crippen molar-refractivity contribution in [3.8, 4) is 5.75 Å². The van der Waals surface area contributed by atoms with E-state index in [9.17, 15) is 19.5 Å². The number of piperazine rings is 1. The number of hydrogen-bond donors (Lipinski definition) is 4. The number of nitrogens with zero attached hydrogens (tertiary/aromatic N) is 3. The average Bonchev–Trinajstić information content (AvgIpc) is 2.96. The first-order valence-corrected chi connectivity index (χ1v) is 14.0. The van der Waals surface area contributed by atoms with Crippen molar-refractivity contribution in [2.24, 2.45) is 0 Å². The average molecular weight is 622 g/mol. The van der Waals surface area contributed by atoms with Crippen molar-refractivity contribution in [1.82, 2.24) is 30.7 Å². The van der Waals surface area contributed by atoms with Crippen LogP contribution < -0.4 is 16.0 Å². The zero-order valence-corrected chi connectivity index (χ0v) is 24.1. The maximum Gasteiger partial charge on any atom is 0.316 e. The Kier molecular flexibility index (Phi) is 10.5. The molecular weight excluding hydrogens is 588 g/mol. The molecule has 0 radical (unpaired) electrons. The van der Waals surface area contributed by atoms with Crippen molar-refractivity contribution >= 4 is 33.8 Å². The molecule has 0 unspecified atom stereocenters. The lowest BCUT2D eigenvalue weighted by Crippen LogP contribution is -2.69. The van der Waals surface area contributed by atoms with E-state index in [1.54, 1.807) is 29.2 Å². The normalized spacial score (nSPS) is 16.8. The summed E-state index contributed by atoms with van der Waals surface area (Å²) in [7, 11) is 0. The number of nitrogens with one attached hydrogen (secondary N) is 3. The number of phenols is 1. The third-order valence-electron chi connectivity index (χ3n) is 6.60. The van der Waals surface area contributed by atoms with E-state index in [0.29, 0.717) is 23.4 Å². The van der Waals surface area contributed by atoms with Crippen LogP contribution in [0.5, 0.6) is 5.75 Å². The van der Waals surface area contributed by atoms with Crippen molar-refractivity contribution in [3.05, 3.63) is 107 Å². The fraction of sp³-hybridized carbons (Fsp3) is 0.267. The second-order valence-electron chi connectivity index (χ2n) is 9.61. The van der Waals surface area contributed by atoms with Crippen LogP contribution in [0.25, 0.3) is 0 Å². The Labute approximate surface area is 247 Å². The van der Waals surface area contributed by atoms with Crippen molar-refractivity contribution in [1.29, 1.82) is 0 Å². The van der Waals surface area contributed by atoms with Gasteiger partial charge in [-0.05, 0) is 51.3 Å². The molecular formula is C30H33BrN6O4. The molecule has 4 rings (SSSR count). The number of carbonyl (C=O) groups excluding carboxylic acids is 3. The highest BCUT2D eigenvalue weighted by Gasteiger charge is 2.43. The van der Waals surface area contributed by atoms with Gasteiger partial charge in [0, 0.05) is 19.5 Å². The maximum absolute atomic E-state index is 14.0. The molecule has 1 aliphatic rings. The number of hydrogen-bond acceptors (Lipinski definition) is 6. The lowest BCUT2D eigenvalue weighted by atomic mass is 9.99. The largest absolute Gasteiger partial charge is 0.508 e. The van der Waals surface area contributed by atoms with E-state index in [0.717, 1.165) is 11.1 Å². The summed E-state index contributed by atoms with van der Waals surface area (Å²) in [6.07, 6.45) is 1.02. The smallest absolute Gasteiger partial charge is 0.316 e. The van der Waals surface area contributed by atoms with Gasteiger partial charge in [-0.2, -0.15) is 0 Å². The van der Waals surface area contributed by atoms with E-state index in [-0.39, 0.29) is 43.6 Å². The number of amides is 4. The zero-order valence-electron chi connectivity index (χ0n) is 22.5. The fourth-order valence-corrected chi connectivity index (χ4v) is 5.05. The molecule has 11 heteroatoms. The Hall–Kier alpha value is -4.22. The molecule has 41 heavy (non-hydrogen) atoms. The van der Waals surface area contributed by atoms with Crippen LogP contribution in [0, 0.1) is 0 Å². The highest BCUT2D eigenvalue weighted by atomic mass is 79.9. The van der Waals surface area contributed by atoms with Crippen molar-refractivity contribution < 1.29 is 19.5 Å². The molecule has 4 amide bonds. The van der Waals surface area contributed by atoms with Crippen molar-refractivity contribution in [2.75, 3.05) is 19.6 Å². The first-order valence-electron chi connectivity index (χ1n) is 13.2. The van der Waals surface area contributed by atoms with Crippen LogP contribution in [0.15, 0.2) is 90.1 Å². The first kappa shape index (κ1) is 29.8. The Morgan fingerprint density at radius 2 is 1.80 bits per heavy atom. The fourth-order valence-electron chi connectivity index (χ4n) is 4.67. The highest BCUT2D eigenvalue weighted by Crippen LogP contribution is 2.23. The summed E-state index contributed by atoms with van der Waals surface area (Å²) in [4.78, 5) is 48.1. The predicted molar refractivity (Wildman–Crippen MR) is 158 cm³/mol. The molecule has 4 N–H and O–H groups in total. The van der Waals surface area contributed by atoms with Crippen molar-refractivity contribution in [2.45, 2.75) is 31.7 Å². The molecule has 2 heterocycles. The van der Waals surface area contributed by atoms with Gasteiger partial charge < -0.3 is 30.9 Å². The molecule has 0 aliphatic carbocycles. The molecule has 1 aliphatic heterocycles. The van der Waals surface area contributed by atoms with Gasteiger partial charge in [0.05, 0.1) is 25.3 Å². The van der Waals surface area contributed by atoms with Gasteiger partial charge in [0.1, 0.15) is 22.6 Å². The molecule has 0 saturated carbocycles. The molecule has 2 aromatic carbocycles. The van der Waals surface area contributed by atoms with Gasteiger partial charge in [-0.25, -0.2) is 9.78 Å². The van der Waals surface area contributed by atoms with E-state index in [1.165, 1.54) is 17.0 Å². The molecule has 0 spiro atoms. The second-order valence-corrected chi connectivity index (χ2v) is 10.4. The van der Waals surface area contributed by atoms with E-state index >= 15 is 0 Å². The van der Waals surface area contributed by atoms with Gasteiger partial charge in [-0.3, -0.25) is 9.59 Å². The third-order valence-corrected chi connectivity index (χ3v) is 7.04. The van der Waals surface area contributed by atoms with Crippen LogP contribution in [0.4, 0.5) is 4.79 Å². The molecule has 10 nitrogen and oxygen atoms in total. The topological polar surface area (TPSA) is 127 Å². The number of halogens is 1. The standard InChI is InChI=1S/C30H33BrN6O4/c1-2-15-32-18-28(39)37-25(16-21-11-13-24(38)14-12-21)29(40)36(19-23-9-6-10-26(31)34-23)20-27(37)35-30(41)33-17-22-7-4-3-5-8-22/h2-14,25,27,32,38H,1,15-20H2,(H2,33,35,41)/t25-,27+/m0/s1. The Morgan fingerprint density at radius 1 is 1.05 bits per heavy atom. The SMILES string of the molecule is C=CCNCC(=O)N1[C@@H](NC(=O)NCc2ccccc2)CN(Cc2cccc(Br)n2)C(=O)[C@@H]1Cc1ccc(O)cc1. The molecule has 1 aromatic heterocycles. The summed E-state index contributed by atoms with van der Waals surface area (Å²) in [6.45, 7) is 4.62. The summed E-state index contributed by atoms with van der Waals surface area (Å²) < 4.78 is 0.639. The van der Waals surface area contributed by atoms with E-state index < -0.39 is 18.2 Å². The lowest BCUT2D eigenvalue weighted by molar-refractivity contribution is -0.157. The van der Waals surface area contributed by atoms with Crippen LogP contribution in [-0.2, 0) is 29.1 Å². The zero-order chi connectivity index (χ0) is 29.2. The van der Waals surface area contributed by atoms with Gasteiger partial charge in [0.25, 0.3) is 0 Å². The molecule has 0 bridgehead atoms. The number of aromatic hydroxyl groups is 1. The highest BCUT2D eigenvalue weighted by molar-refractivity contribution is 9.10. The van der Waals surface area contributed by atoms with Crippen LogP contribution in [0.1, 0.15) is 16.8 Å². The summed E-state index contributed by atoms with van der Waals surface area (Å²) >= 11 is 3.38. The monoisotopic (exact) mass is 620 g/mol. The van der Waals surface area contributed by atoms with Crippen LogP contribution in [0.2, 0.25) is 0 Å². The van der Waals surface area contributed by atoms with Gasteiger partial charge in [0.2, 0.25) is 11.8 Å². The minimum atomic E-state index is -0.905. The number of carbonyl (C=O) groups is 3. The van der Waals surface area contributed by atoms with Crippen molar-refractivity contribution in [3.63, 3.8) is 0 Å². The third kappa shape index (κ3) is 8.38. The number of benzene rings is 2. The van der Waals surface area contributed by atoms with Gasteiger partial charge >= 0.3 is 6.03 Å². The summed E-state index contributed by atoms with van der Waals surface area (Å²) in [5.74, 6) is -0.500. The molecule has 1 saturated heterocycles. The number of rotatable bonds is 11. The maximum atomic E-state index is 14.0. The first-order chi connectivity index (χ1) is 19.8. The number of urea groups is 1. The predicted octanol–water partition coefficient (Wildman–Crippen LogP) is 2.93. The summed E-state index contributed by atoms with van der Waals surface area (Å²) in [5.41, 5.74) is 2.35. The Balaban J connectivity index is 1.62. The number of aromatic nitrogens is 1. The molecule has 3 aromatic rings. The number of pyridine rings is 1. The second kappa shape index (κ2) is 14.4. The minimum absolute atomic E-state index is 0.0393. The van der Waals surface area contributed by atoms with E-state index in [4.69, 9.17) is 0 Å². The molecule has 2 atom stereocenters. The van der Waals surface area contributed by atoms with E-state index in [1.807, 2.05) is 42.5 Å². The van der Waals surface area contributed by atoms with Gasteiger partial charge in [-0.1, -0.05) is 54.6 Å². The van der Waals surface area contributed by atoms with Crippen LogP contribution >= 0.6 is 15.9 Å². The van der Waals surface area contributed by atoms with Crippen LogP contribution in [-0.4, -0.2) is 69.6 Å². The Morgan fingerprint density at radius 3 is 2.51 bits per heavy atom. The number of phenolic OH excluding ortho intramolecular Hbond substituents is 1. The summed E-state index contributed by atoms with van der Waals surface area (Å²) in [6, 6.07) is 20.1. The Bertz CT molecular complexity index is 1350. The molecule has 1 fully saturated rings. The minimum Gasteiger partial charge on any atom is -0.508 e. The van der Waals surface area contributed by atoms with Crippen LogP contribution in [0.3, 0.4) is 0 Å². The lowest BCUT2D eigenvalue weighted by Gasteiger charge is -2.46. The van der Waals surface area contributed by atoms with Gasteiger partial charge in [-0.15, -0.1) is 6.58 Å². The molecule has 214 valence electrons. The van der Waals surface area contributed by atoms with E-state index in [2.05, 4.69) is 43.4 Å². The summed E-state index contributed by atoms with van der Waals surface area (Å²) in [5, 5.41) is 18.5. The quantitative estimate of drug-likeness (QED) is 0.148.